The summed E-state index contributed by atoms with van der Waals surface area (Å²) < 4.78 is 13.4. The van der Waals surface area contributed by atoms with Crippen LogP contribution in [0.15, 0.2) is 24.3 Å². The van der Waals surface area contributed by atoms with Crippen LogP contribution in [-0.4, -0.2) is 33.7 Å². The van der Waals surface area contributed by atoms with Gasteiger partial charge in [-0.15, -0.1) is 5.10 Å². The number of aromatic carboxylic acids is 1. The second-order valence-electron chi connectivity index (χ2n) is 3.32. The van der Waals surface area contributed by atoms with E-state index in [2.05, 4.69) is 9.59 Å². The summed E-state index contributed by atoms with van der Waals surface area (Å²) in [6.07, 6.45) is 0. The number of carboxylic acids is 1. The van der Waals surface area contributed by atoms with Crippen LogP contribution < -0.4 is 9.47 Å². The Kier molecular flexibility index (Phi) is 3.71. The van der Waals surface area contributed by atoms with Crippen molar-refractivity contribution < 1.29 is 24.2 Å². The Morgan fingerprint density at radius 3 is 2.42 bits per heavy atom. The highest BCUT2D eigenvalue weighted by Crippen LogP contribution is 2.19. The molecule has 0 bridgehead atoms. The van der Waals surface area contributed by atoms with E-state index in [1.54, 1.807) is 12.1 Å². The SMILES string of the molecule is COc1ccc(OC(=O)c2nnsc2C(=O)O)cc1. The van der Waals surface area contributed by atoms with Crippen LogP contribution in [0, 0.1) is 0 Å². The quantitative estimate of drug-likeness (QED) is 0.668. The average molecular weight is 280 g/mol. The first-order chi connectivity index (χ1) is 9.11. The lowest BCUT2D eigenvalue weighted by atomic mass is 10.3. The van der Waals surface area contributed by atoms with E-state index in [1.807, 2.05) is 0 Å². The molecular formula is C11H8N2O5S. The van der Waals surface area contributed by atoms with E-state index in [1.165, 1.54) is 19.2 Å². The molecule has 0 atom stereocenters. The molecule has 0 saturated carbocycles. The molecule has 2 rings (SSSR count). The van der Waals surface area contributed by atoms with Crippen molar-refractivity contribution in [1.82, 2.24) is 9.59 Å². The monoisotopic (exact) mass is 280 g/mol. The highest BCUT2D eigenvalue weighted by Gasteiger charge is 2.23. The molecule has 0 aliphatic carbocycles. The molecule has 1 N–H and O–H groups in total. The van der Waals surface area contributed by atoms with Gasteiger partial charge in [0.25, 0.3) is 0 Å². The molecule has 0 radical (unpaired) electrons. The number of hydrogen-bond donors (Lipinski definition) is 1. The number of esters is 1. The predicted molar refractivity (Wildman–Crippen MR) is 64.8 cm³/mol. The van der Waals surface area contributed by atoms with Gasteiger partial charge in [-0.1, -0.05) is 4.49 Å². The van der Waals surface area contributed by atoms with Gasteiger partial charge in [-0.3, -0.25) is 0 Å². The molecule has 0 saturated heterocycles. The van der Waals surface area contributed by atoms with E-state index in [0.717, 1.165) is 0 Å². The minimum absolute atomic E-state index is 0.251. The lowest BCUT2D eigenvalue weighted by Crippen LogP contribution is -2.13. The number of methoxy groups -OCH3 is 1. The fourth-order valence-corrected chi connectivity index (χ4v) is 1.76. The van der Waals surface area contributed by atoms with Crippen molar-refractivity contribution in [2.45, 2.75) is 0 Å². The van der Waals surface area contributed by atoms with Crippen LogP contribution in [0.5, 0.6) is 11.5 Å². The molecule has 1 aromatic carbocycles. The van der Waals surface area contributed by atoms with Crippen molar-refractivity contribution in [3.8, 4) is 11.5 Å². The number of nitrogens with zero attached hydrogens (tertiary/aromatic N) is 2. The Bertz CT molecular complexity index is 608. The third kappa shape index (κ3) is 2.86. The van der Waals surface area contributed by atoms with Crippen molar-refractivity contribution in [2.75, 3.05) is 7.11 Å². The third-order valence-corrected chi connectivity index (χ3v) is 2.86. The van der Waals surface area contributed by atoms with Crippen LogP contribution in [0.3, 0.4) is 0 Å². The Morgan fingerprint density at radius 1 is 1.21 bits per heavy atom. The molecule has 2 aromatic rings. The molecular weight excluding hydrogens is 272 g/mol. The smallest absolute Gasteiger partial charge is 0.366 e. The second kappa shape index (κ2) is 5.44. The zero-order valence-electron chi connectivity index (χ0n) is 9.69. The van der Waals surface area contributed by atoms with Crippen molar-refractivity contribution >= 4 is 23.5 Å². The Hall–Kier alpha value is -2.48. The highest BCUT2D eigenvalue weighted by molar-refractivity contribution is 7.08. The van der Waals surface area contributed by atoms with Gasteiger partial charge in [-0.25, -0.2) is 9.59 Å². The molecule has 0 unspecified atom stereocenters. The number of carbonyl (C=O) groups is 2. The molecule has 1 aromatic heterocycles. The van der Waals surface area contributed by atoms with Crippen LogP contribution in [0.2, 0.25) is 0 Å². The maximum absolute atomic E-state index is 11.7. The largest absolute Gasteiger partial charge is 0.497 e. The summed E-state index contributed by atoms with van der Waals surface area (Å²) in [5.41, 5.74) is -0.312. The van der Waals surface area contributed by atoms with Gasteiger partial charge < -0.3 is 14.6 Å². The van der Waals surface area contributed by atoms with E-state index >= 15 is 0 Å². The fourth-order valence-electron chi connectivity index (χ4n) is 1.26. The molecule has 0 spiro atoms. The standard InChI is InChI=1S/C11H8N2O5S/c1-17-6-2-4-7(5-3-6)18-11(16)8-9(10(14)15)19-13-12-8/h2-5H,1H3,(H,14,15). The van der Waals surface area contributed by atoms with Gasteiger partial charge in [-0.2, -0.15) is 0 Å². The summed E-state index contributed by atoms with van der Waals surface area (Å²) in [5.74, 6) is -1.26. The summed E-state index contributed by atoms with van der Waals surface area (Å²) >= 11 is 0.621. The van der Waals surface area contributed by atoms with E-state index in [4.69, 9.17) is 14.6 Å². The molecule has 19 heavy (non-hydrogen) atoms. The van der Waals surface area contributed by atoms with E-state index in [-0.39, 0.29) is 16.3 Å². The molecule has 0 amide bonds. The van der Waals surface area contributed by atoms with Gasteiger partial charge >= 0.3 is 11.9 Å². The summed E-state index contributed by atoms with van der Waals surface area (Å²) in [7, 11) is 1.51. The highest BCUT2D eigenvalue weighted by atomic mass is 32.1. The number of hydrogen-bond acceptors (Lipinski definition) is 7. The van der Waals surface area contributed by atoms with Gasteiger partial charge in [0.15, 0.2) is 10.6 Å². The number of ether oxygens (including phenoxy) is 2. The molecule has 8 heteroatoms. The average Bonchev–Trinajstić information content (AvgIpc) is 2.89. The molecule has 98 valence electrons. The predicted octanol–water partition coefficient (Wildman–Crippen LogP) is 1.46. The van der Waals surface area contributed by atoms with Crippen LogP contribution in [-0.2, 0) is 0 Å². The minimum atomic E-state index is -1.27. The van der Waals surface area contributed by atoms with E-state index in [0.29, 0.717) is 17.3 Å². The Balaban J connectivity index is 2.16. The second-order valence-corrected chi connectivity index (χ2v) is 4.07. The van der Waals surface area contributed by atoms with Crippen LogP contribution >= 0.6 is 11.5 Å². The molecule has 0 aliphatic heterocycles. The summed E-state index contributed by atoms with van der Waals surface area (Å²) in [5, 5.41) is 12.3. The third-order valence-electron chi connectivity index (χ3n) is 2.15. The van der Waals surface area contributed by atoms with Gasteiger partial charge in [-0.05, 0) is 35.8 Å². The summed E-state index contributed by atoms with van der Waals surface area (Å²) in [6, 6.07) is 6.27. The first-order valence-electron chi connectivity index (χ1n) is 5.03. The van der Waals surface area contributed by atoms with E-state index < -0.39 is 11.9 Å². The number of carbonyl (C=O) groups excluding carboxylic acids is 1. The Labute approximate surface area is 111 Å². The lowest BCUT2D eigenvalue weighted by molar-refractivity contribution is 0.0669. The lowest BCUT2D eigenvalue weighted by Gasteiger charge is -2.03. The van der Waals surface area contributed by atoms with E-state index in [9.17, 15) is 9.59 Å². The molecule has 0 aliphatic rings. The topological polar surface area (TPSA) is 98.6 Å². The van der Waals surface area contributed by atoms with Gasteiger partial charge in [0.2, 0.25) is 0 Å². The summed E-state index contributed by atoms with van der Waals surface area (Å²) in [6.45, 7) is 0. The number of carboxylic acid groups (broad SMARTS) is 1. The van der Waals surface area contributed by atoms with Crippen LogP contribution in [0.1, 0.15) is 20.2 Å². The fraction of sp³-hybridized carbons (Fsp3) is 0.0909. The number of benzene rings is 1. The summed E-state index contributed by atoms with van der Waals surface area (Å²) in [4.78, 5) is 22.3. The maximum atomic E-state index is 11.7. The first-order valence-corrected chi connectivity index (χ1v) is 5.81. The zero-order valence-corrected chi connectivity index (χ0v) is 10.5. The van der Waals surface area contributed by atoms with Crippen molar-refractivity contribution in [2.24, 2.45) is 0 Å². The first kappa shape index (κ1) is 13.0. The molecule has 1 heterocycles. The maximum Gasteiger partial charge on any atom is 0.366 e. The van der Waals surface area contributed by atoms with Gasteiger partial charge in [0.05, 0.1) is 7.11 Å². The molecule has 0 fully saturated rings. The van der Waals surface area contributed by atoms with Gasteiger partial charge in [0, 0.05) is 0 Å². The normalized spacial score (nSPS) is 9.95. The Morgan fingerprint density at radius 2 is 1.84 bits per heavy atom. The number of aromatic nitrogens is 2. The van der Waals surface area contributed by atoms with Crippen molar-refractivity contribution in [3.63, 3.8) is 0 Å². The van der Waals surface area contributed by atoms with Crippen LogP contribution in [0.25, 0.3) is 0 Å². The van der Waals surface area contributed by atoms with Crippen LogP contribution in [0.4, 0.5) is 0 Å². The zero-order chi connectivity index (χ0) is 13.8. The van der Waals surface area contributed by atoms with Crippen molar-refractivity contribution in [3.05, 3.63) is 34.8 Å². The molecule has 7 nitrogen and oxygen atoms in total. The minimum Gasteiger partial charge on any atom is -0.497 e. The number of rotatable bonds is 4. The van der Waals surface area contributed by atoms with Gasteiger partial charge in [0.1, 0.15) is 11.5 Å². The van der Waals surface area contributed by atoms with Crippen molar-refractivity contribution in [1.29, 1.82) is 0 Å².